The van der Waals surface area contributed by atoms with Crippen LogP contribution in [0.3, 0.4) is 0 Å². The zero-order valence-corrected chi connectivity index (χ0v) is 19.5. The molecule has 7 heteroatoms. The van der Waals surface area contributed by atoms with E-state index >= 15 is 0 Å². The molecule has 1 fully saturated rings. The summed E-state index contributed by atoms with van der Waals surface area (Å²) in [5.41, 5.74) is 2.63. The molecule has 1 atom stereocenters. The quantitative estimate of drug-likeness (QED) is 0.439. The molecule has 0 radical (unpaired) electrons. The van der Waals surface area contributed by atoms with E-state index in [4.69, 9.17) is 9.26 Å². The van der Waals surface area contributed by atoms with Gasteiger partial charge in [-0.25, -0.2) is 4.79 Å². The number of hydrogen-bond donors (Lipinski definition) is 1. The van der Waals surface area contributed by atoms with Crippen molar-refractivity contribution in [1.29, 1.82) is 0 Å². The van der Waals surface area contributed by atoms with Gasteiger partial charge in [0.25, 0.3) is 0 Å². The van der Waals surface area contributed by atoms with Gasteiger partial charge in [0.05, 0.1) is 24.1 Å². The predicted octanol–water partition coefficient (Wildman–Crippen LogP) is 4.78. The number of fused-ring (bicyclic) bond motifs is 1. The second-order valence-corrected chi connectivity index (χ2v) is 8.26. The van der Waals surface area contributed by atoms with Crippen LogP contribution in [0.25, 0.3) is 11.0 Å². The molecule has 1 unspecified atom stereocenters. The van der Waals surface area contributed by atoms with E-state index in [9.17, 15) is 4.79 Å². The fourth-order valence-electron chi connectivity index (χ4n) is 4.25. The van der Waals surface area contributed by atoms with E-state index in [1.54, 1.807) is 12.0 Å². The number of carbonyl (C=O) groups excluding carboxylic acids is 1. The fraction of sp³-hybridized carbons (Fsp3) is 0.214. The van der Waals surface area contributed by atoms with Crippen LogP contribution >= 0.6 is 0 Å². The van der Waals surface area contributed by atoms with E-state index < -0.39 is 0 Å². The van der Waals surface area contributed by atoms with Gasteiger partial charge in [0, 0.05) is 26.2 Å². The molecule has 35 heavy (non-hydrogen) atoms. The maximum Gasteiger partial charge on any atom is 0.323 e. The van der Waals surface area contributed by atoms with Gasteiger partial charge in [-0.2, -0.15) is 0 Å². The minimum Gasteiger partial charge on any atom is -0.495 e. The summed E-state index contributed by atoms with van der Waals surface area (Å²) in [5, 5.41) is 7.69. The summed E-state index contributed by atoms with van der Waals surface area (Å²) in [7, 11) is 1.65. The third-order valence-electron chi connectivity index (χ3n) is 6.14. The Kier molecular flexibility index (Phi) is 6.64. The number of urea groups is 1. The van der Waals surface area contributed by atoms with Crippen LogP contribution in [0.1, 0.15) is 17.2 Å². The third kappa shape index (κ3) is 4.98. The molecule has 5 rings (SSSR count). The summed E-state index contributed by atoms with van der Waals surface area (Å²) in [4.78, 5) is 17.0. The molecule has 0 aliphatic carbocycles. The summed E-state index contributed by atoms with van der Waals surface area (Å²) >= 11 is 0. The van der Waals surface area contributed by atoms with Gasteiger partial charge in [-0.3, -0.25) is 10.2 Å². The number of aromatic nitrogens is 1. The number of nitrogens with one attached hydrogen (secondary N) is 1. The van der Waals surface area contributed by atoms with E-state index in [0.717, 1.165) is 22.3 Å². The molecule has 1 N–H and O–H groups in total. The Morgan fingerprint density at radius 1 is 0.971 bits per heavy atom. The summed E-state index contributed by atoms with van der Waals surface area (Å²) in [5.74, 6) is 7.96. The number of amides is 2. The van der Waals surface area contributed by atoms with Crippen LogP contribution in [0.15, 0.2) is 83.4 Å². The largest absolute Gasteiger partial charge is 0.495 e. The highest BCUT2D eigenvalue weighted by molar-refractivity contribution is 5.98. The van der Waals surface area contributed by atoms with Crippen molar-refractivity contribution in [1.82, 2.24) is 15.0 Å². The molecule has 2 amide bonds. The van der Waals surface area contributed by atoms with Crippen molar-refractivity contribution in [2.45, 2.75) is 6.04 Å². The number of piperazine rings is 1. The molecular weight excluding hydrogens is 440 g/mol. The Hall–Kier alpha value is -4.28. The molecule has 0 spiro atoms. The number of nitrogens with zero attached hydrogens (tertiary/aromatic N) is 3. The van der Waals surface area contributed by atoms with E-state index in [1.165, 1.54) is 0 Å². The van der Waals surface area contributed by atoms with Gasteiger partial charge in [0.2, 0.25) is 0 Å². The molecule has 1 aromatic heterocycles. The monoisotopic (exact) mass is 466 g/mol. The van der Waals surface area contributed by atoms with Crippen molar-refractivity contribution in [3.8, 4) is 17.6 Å². The Morgan fingerprint density at radius 2 is 1.69 bits per heavy atom. The first-order valence-electron chi connectivity index (χ1n) is 11.6. The highest BCUT2D eigenvalue weighted by atomic mass is 16.5. The number of rotatable bonds is 4. The van der Waals surface area contributed by atoms with Gasteiger partial charge in [-0.15, -0.1) is 0 Å². The number of para-hydroxylation sites is 2. The maximum absolute atomic E-state index is 12.9. The lowest BCUT2D eigenvalue weighted by molar-refractivity contribution is 0.131. The topological polar surface area (TPSA) is 70.8 Å². The minimum absolute atomic E-state index is 0.0918. The van der Waals surface area contributed by atoms with Crippen LogP contribution in [0.5, 0.6) is 5.75 Å². The third-order valence-corrected chi connectivity index (χ3v) is 6.14. The maximum atomic E-state index is 12.9. The Morgan fingerprint density at radius 3 is 2.49 bits per heavy atom. The molecule has 7 nitrogen and oxygen atoms in total. The lowest BCUT2D eigenvalue weighted by atomic mass is 10.0. The Bertz CT molecular complexity index is 1360. The highest BCUT2D eigenvalue weighted by Gasteiger charge is 2.27. The number of hydrogen-bond acceptors (Lipinski definition) is 5. The van der Waals surface area contributed by atoms with Crippen LogP contribution in [0, 0.1) is 11.8 Å². The smallest absolute Gasteiger partial charge is 0.323 e. The van der Waals surface area contributed by atoms with Gasteiger partial charge in [-0.05, 0) is 29.8 Å². The van der Waals surface area contributed by atoms with Crippen molar-refractivity contribution in [2.24, 2.45) is 0 Å². The first-order valence-corrected chi connectivity index (χ1v) is 11.6. The summed E-state index contributed by atoms with van der Waals surface area (Å²) in [6.45, 7) is 2.57. The van der Waals surface area contributed by atoms with Crippen LogP contribution in [0.2, 0.25) is 0 Å². The van der Waals surface area contributed by atoms with Crippen molar-refractivity contribution in [3.05, 3.63) is 90.0 Å². The van der Waals surface area contributed by atoms with Crippen molar-refractivity contribution < 1.29 is 14.1 Å². The van der Waals surface area contributed by atoms with Gasteiger partial charge < -0.3 is 14.2 Å². The average Bonchev–Trinajstić information content (AvgIpc) is 3.32. The van der Waals surface area contributed by atoms with Crippen molar-refractivity contribution >= 4 is 22.8 Å². The second kappa shape index (κ2) is 10.3. The van der Waals surface area contributed by atoms with Crippen molar-refractivity contribution in [3.63, 3.8) is 0 Å². The van der Waals surface area contributed by atoms with Crippen LogP contribution < -0.4 is 10.1 Å². The Balaban J connectivity index is 1.30. The van der Waals surface area contributed by atoms with Crippen LogP contribution in [-0.2, 0) is 0 Å². The summed E-state index contributed by atoms with van der Waals surface area (Å²) in [6, 6.07) is 25.2. The lowest BCUT2D eigenvalue weighted by Crippen LogP contribution is -2.50. The lowest BCUT2D eigenvalue weighted by Gasteiger charge is -2.37. The predicted molar refractivity (Wildman–Crippen MR) is 135 cm³/mol. The molecule has 1 saturated heterocycles. The van der Waals surface area contributed by atoms with E-state index in [-0.39, 0.29) is 12.1 Å². The molecule has 1 aliphatic rings. The van der Waals surface area contributed by atoms with E-state index in [0.29, 0.717) is 37.6 Å². The summed E-state index contributed by atoms with van der Waals surface area (Å²) < 4.78 is 10.8. The van der Waals surface area contributed by atoms with Gasteiger partial charge in [-0.1, -0.05) is 71.6 Å². The molecule has 176 valence electrons. The zero-order chi connectivity index (χ0) is 24.0. The molecular formula is C28H26N4O3. The number of ether oxygens (including phenoxy) is 1. The Labute approximate surface area is 204 Å². The highest BCUT2D eigenvalue weighted by Crippen LogP contribution is 2.25. The molecule has 0 saturated carbocycles. The SMILES string of the molecule is COc1ccccc1C#CC(c1ccccc1)N1CCN(C(=O)Nc2noc3ccccc23)CC1. The summed E-state index contributed by atoms with van der Waals surface area (Å²) in [6.07, 6.45) is 0. The standard InChI is InChI=1S/C28H26N4O3/c1-34-25-13-7-5-11-22(25)15-16-24(21-9-3-2-4-10-21)31-17-19-32(20-18-31)28(33)29-27-23-12-6-8-14-26(23)35-30-27/h2-14,24H,17-20H2,1H3,(H,29,30,33). The first kappa shape index (κ1) is 22.5. The normalized spacial score (nSPS) is 14.7. The van der Waals surface area contributed by atoms with Crippen LogP contribution in [0.4, 0.5) is 10.6 Å². The molecule has 2 heterocycles. The van der Waals surface area contributed by atoms with Crippen molar-refractivity contribution in [2.75, 3.05) is 38.6 Å². The first-order chi connectivity index (χ1) is 17.2. The number of methoxy groups -OCH3 is 1. The minimum atomic E-state index is -0.180. The molecule has 0 bridgehead atoms. The van der Waals surface area contributed by atoms with Gasteiger partial charge >= 0.3 is 6.03 Å². The zero-order valence-electron chi connectivity index (χ0n) is 19.5. The number of anilines is 1. The molecule has 1 aliphatic heterocycles. The average molecular weight is 467 g/mol. The van der Waals surface area contributed by atoms with Gasteiger partial charge in [0.1, 0.15) is 5.75 Å². The molecule has 3 aromatic carbocycles. The van der Waals surface area contributed by atoms with E-state index in [1.807, 2.05) is 66.7 Å². The molecule has 4 aromatic rings. The number of benzene rings is 3. The van der Waals surface area contributed by atoms with Gasteiger partial charge in [0.15, 0.2) is 11.4 Å². The second-order valence-electron chi connectivity index (χ2n) is 8.26. The van der Waals surface area contributed by atoms with E-state index in [2.05, 4.69) is 39.3 Å². The fourth-order valence-corrected chi connectivity index (χ4v) is 4.25. The number of carbonyl (C=O) groups is 1. The van der Waals surface area contributed by atoms with Crippen LogP contribution in [-0.4, -0.2) is 54.3 Å².